The molecule has 1 aliphatic heterocycles. The number of aryl methyl sites for hydroxylation is 1. The highest BCUT2D eigenvalue weighted by atomic mass is 19.1. The van der Waals surface area contributed by atoms with Crippen LogP contribution in [0.25, 0.3) is 0 Å². The molecule has 0 spiro atoms. The molecule has 0 amide bonds. The minimum absolute atomic E-state index is 0.510. The Hall–Kier alpha value is -0.900. The van der Waals surface area contributed by atoms with Gasteiger partial charge in [0.25, 0.3) is 0 Å². The Kier molecular flexibility index (Phi) is 3.14. The zero-order valence-electron chi connectivity index (χ0n) is 11.1. The lowest BCUT2D eigenvalue weighted by atomic mass is 10.0. The van der Waals surface area contributed by atoms with E-state index >= 15 is 0 Å². The van der Waals surface area contributed by atoms with Crippen LogP contribution in [0.2, 0.25) is 0 Å². The van der Waals surface area contributed by atoms with Crippen LogP contribution in [0.3, 0.4) is 0 Å². The van der Waals surface area contributed by atoms with Gasteiger partial charge in [-0.3, -0.25) is 4.68 Å². The molecule has 0 N–H and O–H groups in total. The normalized spacial score (nSPS) is 24.3. The van der Waals surface area contributed by atoms with Crippen molar-refractivity contribution in [3.05, 3.63) is 18.0 Å². The average molecular weight is 251 g/mol. The van der Waals surface area contributed by atoms with Gasteiger partial charge < -0.3 is 4.90 Å². The zero-order valence-corrected chi connectivity index (χ0v) is 11.1. The van der Waals surface area contributed by atoms with Gasteiger partial charge in [-0.25, -0.2) is 4.39 Å². The molecular formula is C14H22FN3. The third-order valence-corrected chi connectivity index (χ3v) is 4.29. The largest absolute Gasteiger partial charge is 0.300 e. The molecule has 2 aliphatic rings. The summed E-state index contributed by atoms with van der Waals surface area (Å²) in [4.78, 5) is 2.29. The van der Waals surface area contributed by atoms with Crippen LogP contribution in [0.1, 0.15) is 44.2 Å². The number of halogens is 1. The molecular weight excluding hydrogens is 229 g/mol. The fraction of sp³-hybridized carbons (Fsp3) is 0.786. The minimum Gasteiger partial charge on any atom is -0.300 e. The van der Waals surface area contributed by atoms with E-state index in [1.165, 1.54) is 5.56 Å². The molecule has 0 bridgehead atoms. The first-order valence-corrected chi connectivity index (χ1v) is 7.13. The van der Waals surface area contributed by atoms with E-state index in [9.17, 15) is 4.39 Å². The summed E-state index contributed by atoms with van der Waals surface area (Å²) >= 11 is 0. The van der Waals surface area contributed by atoms with E-state index in [2.05, 4.69) is 27.8 Å². The maximum atomic E-state index is 13.7. The third kappa shape index (κ3) is 2.58. The number of hydrogen-bond donors (Lipinski definition) is 0. The summed E-state index contributed by atoms with van der Waals surface area (Å²) < 4.78 is 15.8. The topological polar surface area (TPSA) is 21.1 Å². The Bertz CT molecular complexity index is 403. The van der Waals surface area contributed by atoms with E-state index in [4.69, 9.17) is 0 Å². The first kappa shape index (κ1) is 12.2. The number of aromatic nitrogens is 2. The second-order valence-corrected chi connectivity index (χ2v) is 5.84. The van der Waals surface area contributed by atoms with Gasteiger partial charge in [0.05, 0.1) is 12.2 Å². The second kappa shape index (κ2) is 4.65. The van der Waals surface area contributed by atoms with Crippen molar-refractivity contribution in [1.82, 2.24) is 14.7 Å². The molecule has 0 unspecified atom stereocenters. The molecule has 4 heteroatoms. The van der Waals surface area contributed by atoms with Crippen LogP contribution in [0.5, 0.6) is 0 Å². The number of nitrogens with zero attached hydrogens (tertiary/aromatic N) is 3. The molecule has 1 saturated carbocycles. The summed E-state index contributed by atoms with van der Waals surface area (Å²) in [5.41, 5.74) is 0.464. The fourth-order valence-corrected chi connectivity index (χ4v) is 2.80. The molecule has 1 aromatic heterocycles. The number of piperidine rings is 1. The van der Waals surface area contributed by atoms with E-state index in [-0.39, 0.29) is 0 Å². The van der Waals surface area contributed by atoms with Crippen LogP contribution in [0.15, 0.2) is 12.4 Å². The molecule has 1 aromatic rings. The predicted molar refractivity (Wildman–Crippen MR) is 69.4 cm³/mol. The molecule has 0 radical (unpaired) electrons. The third-order valence-electron chi connectivity index (χ3n) is 4.29. The monoisotopic (exact) mass is 251 g/mol. The molecule has 2 fully saturated rings. The lowest BCUT2D eigenvalue weighted by Gasteiger charge is -2.32. The minimum atomic E-state index is -0.839. The molecule has 1 saturated heterocycles. The standard InChI is InChI=1S/C14H22FN3/c1-2-12-9-16-18(10-12)13-3-7-17(8-4-13)11-14(15)5-6-14/h9-10,13H,2-8,11H2,1H3. The lowest BCUT2D eigenvalue weighted by Crippen LogP contribution is -2.39. The Morgan fingerprint density at radius 2 is 2.11 bits per heavy atom. The van der Waals surface area contributed by atoms with E-state index in [1.807, 2.05) is 6.20 Å². The predicted octanol–water partition coefficient (Wildman–Crippen LogP) is 2.58. The highest BCUT2D eigenvalue weighted by Gasteiger charge is 2.44. The maximum Gasteiger partial charge on any atom is 0.123 e. The number of rotatable bonds is 4. The smallest absolute Gasteiger partial charge is 0.123 e. The Morgan fingerprint density at radius 1 is 1.39 bits per heavy atom. The number of alkyl halides is 1. The van der Waals surface area contributed by atoms with Crippen LogP contribution in [-0.4, -0.2) is 40.0 Å². The van der Waals surface area contributed by atoms with Gasteiger partial charge >= 0.3 is 0 Å². The van der Waals surface area contributed by atoms with Gasteiger partial charge in [0, 0.05) is 25.8 Å². The van der Waals surface area contributed by atoms with Gasteiger partial charge in [-0.15, -0.1) is 0 Å². The van der Waals surface area contributed by atoms with Crippen molar-refractivity contribution in [3.63, 3.8) is 0 Å². The molecule has 1 aliphatic carbocycles. The van der Waals surface area contributed by atoms with Crippen LogP contribution in [0, 0.1) is 0 Å². The van der Waals surface area contributed by atoms with Crippen LogP contribution < -0.4 is 0 Å². The van der Waals surface area contributed by atoms with E-state index in [0.717, 1.165) is 45.2 Å². The van der Waals surface area contributed by atoms with Crippen molar-refractivity contribution < 1.29 is 4.39 Å². The van der Waals surface area contributed by atoms with Crippen LogP contribution >= 0.6 is 0 Å². The SMILES string of the molecule is CCc1cnn(C2CCN(CC3(F)CC3)CC2)c1. The van der Waals surface area contributed by atoms with Crippen molar-refractivity contribution in [1.29, 1.82) is 0 Å². The van der Waals surface area contributed by atoms with Crippen molar-refractivity contribution >= 4 is 0 Å². The van der Waals surface area contributed by atoms with Crippen molar-refractivity contribution in [2.45, 2.75) is 50.7 Å². The number of likely N-dealkylation sites (tertiary alicyclic amines) is 1. The first-order chi connectivity index (χ1) is 8.68. The molecule has 0 atom stereocenters. The summed E-state index contributed by atoms with van der Waals surface area (Å²) in [7, 11) is 0. The van der Waals surface area contributed by atoms with Crippen LogP contribution in [0.4, 0.5) is 4.39 Å². The fourth-order valence-electron chi connectivity index (χ4n) is 2.80. The first-order valence-electron chi connectivity index (χ1n) is 7.13. The Morgan fingerprint density at radius 3 is 2.67 bits per heavy atom. The van der Waals surface area contributed by atoms with E-state index < -0.39 is 5.67 Å². The van der Waals surface area contributed by atoms with Gasteiger partial charge in [0.1, 0.15) is 5.67 Å². The molecule has 0 aromatic carbocycles. The van der Waals surface area contributed by atoms with Gasteiger partial charge in [0.15, 0.2) is 0 Å². The summed E-state index contributed by atoms with van der Waals surface area (Å²) in [6.45, 7) is 4.83. The lowest BCUT2D eigenvalue weighted by molar-refractivity contribution is 0.129. The molecule has 2 heterocycles. The number of hydrogen-bond acceptors (Lipinski definition) is 2. The van der Waals surface area contributed by atoms with Crippen LogP contribution in [-0.2, 0) is 6.42 Å². The molecule has 3 rings (SSSR count). The Balaban J connectivity index is 1.53. The molecule has 18 heavy (non-hydrogen) atoms. The highest BCUT2D eigenvalue weighted by molar-refractivity contribution is 5.04. The Labute approximate surface area is 108 Å². The average Bonchev–Trinajstić information content (AvgIpc) is 2.94. The van der Waals surface area contributed by atoms with Gasteiger partial charge in [-0.2, -0.15) is 5.10 Å². The summed E-state index contributed by atoms with van der Waals surface area (Å²) in [5.74, 6) is 0. The summed E-state index contributed by atoms with van der Waals surface area (Å²) in [5, 5.41) is 4.45. The van der Waals surface area contributed by atoms with E-state index in [1.54, 1.807) is 0 Å². The van der Waals surface area contributed by atoms with Gasteiger partial charge in [0.2, 0.25) is 0 Å². The highest BCUT2D eigenvalue weighted by Crippen LogP contribution is 2.41. The molecule has 3 nitrogen and oxygen atoms in total. The van der Waals surface area contributed by atoms with Gasteiger partial charge in [-0.1, -0.05) is 6.92 Å². The summed E-state index contributed by atoms with van der Waals surface area (Å²) in [6.07, 6.45) is 8.91. The van der Waals surface area contributed by atoms with Crippen molar-refractivity contribution in [2.75, 3.05) is 19.6 Å². The summed E-state index contributed by atoms with van der Waals surface area (Å²) in [6, 6.07) is 0.510. The van der Waals surface area contributed by atoms with E-state index in [0.29, 0.717) is 12.6 Å². The van der Waals surface area contributed by atoms with Crippen molar-refractivity contribution in [3.8, 4) is 0 Å². The molecule has 100 valence electrons. The van der Waals surface area contributed by atoms with Crippen molar-refractivity contribution in [2.24, 2.45) is 0 Å². The maximum absolute atomic E-state index is 13.7. The second-order valence-electron chi connectivity index (χ2n) is 5.84. The zero-order chi connectivity index (χ0) is 12.6. The van der Waals surface area contributed by atoms with Gasteiger partial charge in [-0.05, 0) is 37.7 Å². The quantitative estimate of drug-likeness (QED) is 0.820.